The average molecular weight is 433 g/mol. The van der Waals surface area contributed by atoms with Gasteiger partial charge in [-0.15, -0.1) is 10.2 Å². The summed E-state index contributed by atoms with van der Waals surface area (Å²) in [6.07, 6.45) is 1.19. The van der Waals surface area contributed by atoms with E-state index in [2.05, 4.69) is 10.2 Å². The van der Waals surface area contributed by atoms with Crippen LogP contribution in [0.5, 0.6) is 5.75 Å². The summed E-state index contributed by atoms with van der Waals surface area (Å²) in [6, 6.07) is 9.36. The summed E-state index contributed by atoms with van der Waals surface area (Å²) in [5.74, 6) is -1.24. The van der Waals surface area contributed by atoms with Gasteiger partial charge in [0.2, 0.25) is 22.3 Å². The molecule has 1 aliphatic rings. The van der Waals surface area contributed by atoms with Gasteiger partial charge in [-0.1, -0.05) is 0 Å². The van der Waals surface area contributed by atoms with Gasteiger partial charge in [-0.05, 0) is 42.5 Å². The van der Waals surface area contributed by atoms with Crippen LogP contribution in [0.3, 0.4) is 0 Å². The van der Waals surface area contributed by atoms with Gasteiger partial charge in [0.25, 0.3) is 0 Å². The fourth-order valence-electron chi connectivity index (χ4n) is 2.88. The van der Waals surface area contributed by atoms with Gasteiger partial charge in [0, 0.05) is 18.7 Å². The third kappa shape index (κ3) is 4.08. The second kappa shape index (κ2) is 8.30. The number of aromatic nitrogens is 2. The summed E-state index contributed by atoms with van der Waals surface area (Å²) in [4.78, 5) is 11.9. The summed E-state index contributed by atoms with van der Waals surface area (Å²) < 4.78 is 56.4. The van der Waals surface area contributed by atoms with Crippen LogP contribution >= 0.6 is 0 Å². The fraction of sp³-hybridized carbons (Fsp3) is 0.211. The van der Waals surface area contributed by atoms with Crippen molar-refractivity contribution in [3.05, 3.63) is 60.2 Å². The molecular weight excluding hydrogens is 417 g/mol. The molecule has 1 aromatic heterocycles. The van der Waals surface area contributed by atoms with E-state index in [-0.39, 0.29) is 37.6 Å². The monoisotopic (exact) mass is 433 g/mol. The smallest absolute Gasteiger partial charge is 0.343 e. The maximum atomic E-state index is 14.3. The molecule has 0 saturated carbocycles. The number of hydrogen-bond donors (Lipinski definition) is 0. The lowest BCUT2D eigenvalue weighted by molar-refractivity contribution is 0.0726. The number of carbonyl (C=O) groups is 1. The van der Waals surface area contributed by atoms with Gasteiger partial charge in [-0.25, -0.2) is 17.6 Å². The highest BCUT2D eigenvalue weighted by Gasteiger charge is 2.30. The van der Waals surface area contributed by atoms with Crippen molar-refractivity contribution in [3.63, 3.8) is 0 Å². The van der Waals surface area contributed by atoms with E-state index in [0.29, 0.717) is 11.5 Å². The first-order valence-electron chi connectivity index (χ1n) is 8.91. The molecule has 1 aliphatic heterocycles. The zero-order chi connectivity index (χ0) is 21.1. The first-order chi connectivity index (χ1) is 14.4. The highest BCUT2D eigenvalue weighted by atomic mass is 32.2. The van der Waals surface area contributed by atoms with Crippen molar-refractivity contribution >= 4 is 16.0 Å². The van der Waals surface area contributed by atoms with E-state index in [9.17, 15) is 17.6 Å². The number of esters is 1. The zero-order valence-electron chi connectivity index (χ0n) is 15.5. The molecule has 156 valence electrons. The van der Waals surface area contributed by atoms with E-state index < -0.39 is 26.7 Å². The maximum Gasteiger partial charge on any atom is 0.343 e. The number of hydrogen-bond acceptors (Lipinski definition) is 8. The summed E-state index contributed by atoms with van der Waals surface area (Å²) in [7, 11) is -4.11. The molecular formula is C19H16FN3O6S. The summed E-state index contributed by atoms with van der Waals surface area (Å²) in [5, 5.41) is 7.36. The number of benzene rings is 2. The Hall–Kier alpha value is -3.15. The second-order valence-corrected chi connectivity index (χ2v) is 8.23. The standard InChI is InChI=1S/C19H16FN3O6S/c20-16-6-3-14(11-17(16)30(25,26)23-7-9-27-10-8-23)19(24)29-15-4-1-13(2-5-15)18-22-21-12-28-18/h1-6,11-12H,7-10H2. The van der Waals surface area contributed by atoms with Crippen LogP contribution < -0.4 is 4.74 Å². The van der Waals surface area contributed by atoms with Crippen molar-refractivity contribution in [3.8, 4) is 17.2 Å². The highest BCUT2D eigenvalue weighted by Crippen LogP contribution is 2.24. The van der Waals surface area contributed by atoms with E-state index in [4.69, 9.17) is 13.9 Å². The number of halogens is 1. The third-order valence-corrected chi connectivity index (χ3v) is 6.34. The van der Waals surface area contributed by atoms with Gasteiger partial charge >= 0.3 is 5.97 Å². The highest BCUT2D eigenvalue weighted by molar-refractivity contribution is 7.89. The topological polar surface area (TPSA) is 112 Å². The van der Waals surface area contributed by atoms with Crippen LogP contribution in [0, 0.1) is 5.82 Å². The minimum Gasteiger partial charge on any atom is -0.423 e. The Bertz CT molecular complexity index is 1140. The predicted octanol–water partition coefficient (Wildman–Crippen LogP) is 2.12. The lowest BCUT2D eigenvalue weighted by atomic mass is 10.2. The minimum absolute atomic E-state index is 0.0933. The van der Waals surface area contributed by atoms with Gasteiger partial charge in [0.05, 0.1) is 18.8 Å². The molecule has 0 atom stereocenters. The van der Waals surface area contributed by atoms with E-state index in [1.807, 2.05) is 0 Å². The van der Waals surface area contributed by atoms with E-state index in [1.165, 1.54) is 24.6 Å². The van der Waals surface area contributed by atoms with Crippen LogP contribution in [0.1, 0.15) is 10.4 Å². The first kappa shape index (κ1) is 20.1. The van der Waals surface area contributed by atoms with Crippen LogP contribution in [0.4, 0.5) is 4.39 Å². The van der Waals surface area contributed by atoms with Crippen molar-refractivity contribution in [2.45, 2.75) is 4.90 Å². The predicted molar refractivity (Wildman–Crippen MR) is 101 cm³/mol. The molecule has 0 N–H and O–H groups in total. The Morgan fingerprint density at radius 2 is 1.83 bits per heavy atom. The molecule has 4 rings (SSSR count). The van der Waals surface area contributed by atoms with Gasteiger partial charge in [-0.2, -0.15) is 4.31 Å². The number of ether oxygens (including phenoxy) is 2. The Kier molecular flexibility index (Phi) is 5.57. The van der Waals surface area contributed by atoms with Gasteiger partial charge in [0.15, 0.2) is 0 Å². The van der Waals surface area contributed by atoms with E-state index in [1.54, 1.807) is 12.1 Å². The van der Waals surface area contributed by atoms with Crippen LogP contribution in [-0.2, 0) is 14.8 Å². The molecule has 0 aliphatic carbocycles. The van der Waals surface area contributed by atoms with Gasteiger partial charge in [-0.3, -0.25) is 0 Å². The number of morpholine rings is 1. The number of carbonyl (C=O) groups excluding carboxylic acids is 1. The molecule has 0 spiro atoms. The molecule has 2 heterocycles. The molecule has 30 heavy (non-hydrogen) atoms. The van der Waals surface area contributed by atoms with E-state index >= 15 is 0 Å². The minimum atomic E-state index is -4.11. The van der Waals surface area contributed by atoms with Crippen molar-refractivity contribution in [1.29, 1.82) is 0 Å². The lowest BCUT2D eigenvalue weighted by Gasteiger charge is -2.26. The van der Waals surface area contributed by atoms with Crippen LogP contribution in [0.25, 0.3) is 11.5 Å². The Labute approximate surface area is 171 Å². The molecule has 0 radical (unpaired) electrons. The van der Waals surface area contributed by atoms with Crippen LogP contribution in [0.15, 0.2) is 58.2 Å². The van der Waals surface area contributed by atoms with Crippen molar-refractivity contribution < 1.29 is 31.5 Å². The molecule has 0 unspecified atom stereocenters. The molecule has 11 heteroatoms. The normalized spacial score (nSPS) is 15.1. The van der Waals surface area contributed by atoms with E-state index in [0.717, 1.165) is 16.4 Å². The maximum absolute atomic E-state index is 14.3. The Morgan fingerprint density at radius 1 is 1.10 bits per heavy atom. The first-order valence-corrected chi connectivity index (χ1v) is 10.4. The Morgan fingerprint density at radius 3 is 2.50 bits per heavy atom. The molecule has 1 fully saturated rings. The quantitative estimate of drug-likeness (QED) is 0.444. The summed E-state index contributed by atoms with van der Waals surface area (Å²) in [5.41, 5.74) is 0.539. The van der Waals surface area contributed by atoms with Crippen LogP contribution in [0.2, 0.25) is 0 Å². The number of sulfonamides is 1. The summed E-state index contributed by atoms with van der Waals surface area (Å²) in [6.45, 7) is 0.677. The van der Waals surface area contributed by atoms with Crippen molar-refractivity contribution in [2.24, 2.45) is 0 Å². The largest absolute Gasteiger partial charge is 0.423 e. The molecule has 0 amide bonds. The lowest BCUT2D eigenvalue weighted by Crippen LogP contribution is -2.41. The number of rotatable bonds is 5. The molecule has 0 bridgehead atoms. The van der Waals surface area contributed by atoms with Crippen molar-refractivity contribution in [2.75, 3.05) is 26.3 Å². The Balaban J connectivity index is 1.54. The number of nitrogens with zero attached hydrogens (tertiary/aromatic N) is 3. The fourth-order valence-corrected chi connectivity index (χ4v) is 4.38. The second-order valence-electron chi connectivity index (χ2n) is 6.32. The molecule has 1 saturated heterocycles. The summed E-state index contributed by atoms with van der Waals surface area (Å²) >= 11 is 0. The van der Waals surface area contributed by atoms with Crippen molar-refractivity contribution in [1.82, 2.24) is 14.5 Å². The van der Waals surface area contributed by atoms with Gasteiger partial charge in [0.1, 0.15) is 16.5 Å². The van der Waals surface area contributed by atoms with Crippen LogP contribution in [-0.4, -0.2) is 55.2 Å². The third-order valence-electron chi connectivity index (χ3n) is 4.43. The molecule has 9 nitrogen and oxygen atoms in total. The van der Waals surface area contributed by atoms with Gasteiger partial charge < -0.3 is 13.9 Å². The zero-order valence-corrected chi connectivity index (χ0v) is 16.3. The SMILES string of the molecule is O=C(Oc1ccc(-c2nnco2)cc1)c1ccc(F)c(S(=O)(=O)N2CCOCC2)c1. The molecule has 3 aromatic rings. The molecule has 2 aromatic carbocycles. The average Bonchev–Trinajstić information content (AvgIpc) is 3.30.